The molecular weight excluding hydrogens is 319 g/mol. The van der Waals surface area contributed by atoms with Gasteiger partial charge in [-0.25, -0.2) is 24.0 Å². The monoisotopic (exact) mass is 332 g/mol. The lowest BCUT2D eigenvalue weighted by Gasteiger charge is -2.10. The fourth-order valence-corrected chi connectivity index (χ4v) is 2.35. The van der Waals surface area contributed by atoms with Gasteiger partial charge in [0.05, 0.1) is 5.69 Å². The van der Waals surface area contributed by atoms with Crippen molar-refractivity contribution in [2.45, 2.75) is 0 Å². The summed E-state index contributed by atoms with van der Waals surface area (Å²) in [4.78, 5) is 17.2. The molecule has 0 aliphatic rings. The minimum atomic E-state index is -0.290. The maximum atomic E-state index is 13.2. The molecule has 0 aliphatic carbocycles. The van der Waals surface area contributed by atoms with Crippen LogP contribution in [-0.4, -0.2) is 24.6 Å². The van der Waals surface area contributed by atoms with Crippen LogP contribution in [0.3, 0.4) is 0 Å². The number of nitrogens with one attached hydrogen (secondary N) is 1. The summed E-state index contributed by atoms with van der Waals surface area (Å²) in [6, 6.07) is 11.7. The molecule has 0 spiro atoms. The molecule has 1 N–H and O–H groups in total. The molecule has 3 aromatic heterocycles. The van der Waals surface area contributed by atoms with E-state index < -0.39 is 0 Å². The maximum absolute atomic E-state index is 13.2. The van der Waals surface area contributed by atoms with Crippen molar-refractivity contribution < 1.29 is 4.39 Å². The highest BCUT2D eigenvalue weighted by Gasteiger charge is 2.09. The molecule has 0 bridgehead atoms. The highest BCUT2D eigenvalue weighted by Crippen LogP contribution is 2.24. The number of imidazole rings is 1. The van der Waals surface area contributed by atoms with E-state index in [9.17, 15) is 4.39 Å². The van der Waals surface area contributed by atoms with Crippen LogP contribution in [0.5, 0.6) is 0 Å². The molecule has 7 heteroatoms. The van der Waals surface area contributed by atoms with Crippen LogP contribution >= 0.6 is 0 Å². The van der Waals surface area contributed by atoms with Gasteiger partial charge in [-0.2, -0.15) is 0 Å². The minimum Gasteiger partial charge on any atom is -0.276 e. The van der Waals surface area contributed by atoms with Gasteiger partial charge in [0.25, 0.3) is 0 Å². The van der Waals surface area contributed by atoms with Gasteiger partial charge < -0.3 is 0 Å². The molecule has 3 heterocycles. The number of benzene rings is 1. The first-order chi connectivity index (χ1) is 12.3. The van der Waals surface area contributed by atoms with Gasteiger partial charge in [-0.05, 0) is 36.4 Å². The molecule has 0 radical (unpaired) electrons. The lowest BCUT2D eigenvalue weighted by atomic mass is 10.1. The van der Waals surface area contributed by atoms with Gasteiger partial charge in [-0.1, -0.05) is 0 Å². The molecule has 4 rings (SSSR count). The number of halogens is 1. The third-order valence-electron chi connectivity index (χ3n) is 3.53. The standard InChI is InChI=1S/C18H13FN6/c19-15-5-3-13(4-6-15)16-10-17(24-25-9-8-21-12-25)23-18(22-16)14-2-1-7-20-11-14/h1-12H,(H,22,23,24). The van der Waals surface area contributed by atoms with Gasteiger partial charge in [-0.3, -0.25) is 10.4 Å². The van der Waals surface area contributed by atoms with Crippen molar-refractivity contribution in [3.05, 3.63) is 79.4 Å². The topological polar surface area (TPSA) is 68.5 Å². The number of pyridine rings is 1. The Kier molecular flexibility index (Phi) is 3.88. The van der Waals surface area contributed by atoms with Gasteiger partial charge in [0, 0.05) is 42.0 Å². The van der Waals surface area contributed by atoms with Crippen LogP contribution in [0.25, 0.3) is 22.6 Å². The lowest BCUT2D eigenvalue weighted by Crippen LogP contribution is -2.09. The van der Waals surface area contributed by atoms with Crippen LogP contribution in [0, 0.1) is 5.82 Å². The quantitative estimate of drug-likeness (QED) is 0.620. The lowest BCUT2D eigenvalue weighted by molar-refractivity contribution is 0.628. The third kappa shape index (κ3) is 3.35. The molecule has 0 saturated carbocycles. The molecule has 0 atom stereocenters. The van der Waals surface area contributed by atoms with Gasteiger partial charge in [-0.15, -0.1) is 0 Å². The third-order valence-corrected chi connectivity index (χ3v) is 3.53. The van der Waals surface area contributed by atoms with E-state index >= 15 is 0 Å². The number of anilines is 1. The highest BCUT2D eigenvalue weighted by molar-refractivity contribution is 5.67. The molecule has 122 valence electrons. The summed E-state index contributed by atoms with van der Waals surface area (Å²) in [6.07, 6.45) is 8.45. The summed E-state index contributed by atoms with van der Waals surface area (Å²) in [6.45, 7) is 0. The summed E-state index contributed by atoms with van der Waals surface area (Å²) in [7, 11) is 0. The Morgan fingerprint density at radius 3 is 2.52 bits per heavy atom. The van der Waals surface area contributed by atoms with Crippen molar-refractivity contribution in [3.63, 3.8) is 0 Å². The average Bonchev–Trinajstić information content (AvgIpc) is 3.16. The molecular formula is C18H13FN6. The molecule has 0 saturated heterocycles. The van der Waals surface area contributed by atoms with Crippen molar-refractivity contribution in [2.24, 2.45) is 0 Å². The number of aromatic nitrogens is 5. The molecule has 25 heavy (non-hydrogen) atoms. The van der Waals surface area contributed by atoms with Crippen LogP contribution in [0.15, 0.2) is 73.6 Å². The number of nitrogens with zero attached hydrogens (tertiary/aromatic N) is 5. The van der Waals surface area contributed by atoms with Crippen LogP contribution in [0.4, 0.5) is 10.2 Å². The zero-order valence-corrected chi connectivity index (χ0v) is 13.0. The molecule has 0 unspecified atom stereocenters. The predicted octanol–water partition coefficient (Wildman–Crippen LogP) is 3.42. The van der Waals surface area contributed by atoms with Crippen LogP contribution in [0.1, 0.15) is 0 Å². The van der Waals surface area contributed by atoms with Crippen LogP contribution in [0.2, 0.25) is 0 Å². The largest absolute Gasteiger partial charge is 0.276 e. The van der Waals surface area contributed by atoms with Crippen molar-refractivity contribution in [2.75, 3.05) is 5.43 Å². The Morgan fingerprint density at radius 2 is 1.80 bits per heavy atom. The molecule has 0 aliphatic heterocycles. The van der Waals surface area contributed by atoms with Crippen LogP contribution in [-0.2, 0) is 0 Å². The van der Waals surface area contributed by atoms with Crippen molar-refractivity contribution in [3.8, 4) is 22.6 Å². The summed E-state index contributed by atoms with van der Waals surface area (Å²) in [5, 5.41) is 0. The van der Waals surface area contributed by atoms with E-state index in [0.717, 1.165) is 11.1 Å². The van der Waals surface area contributed by atoms with Crippen molar-refractivity contribution in [1.29, 1.82) is 0 Å². The van der Waals surface area contributed by atoms with Gasteiger partial charge in [0.2, 0.25) is 0 Å². The molecule has 0 amide bonds. The van der Waals surface area contributed by atoms with Crippen molar-refractivity contribution >= 4 is 5.82 Å². The van der Waals surface area contributed by atoms with E-state index in [-0.39, 0.29) is 5.82 Å². The Morgan fingerprint density at radius 1 is 0.920 bits per heavy atom. The second kappa shape index (κ2) is 6.48. The molecule has 6 nitrogen and oxygen atoms in total. The van der Waals surface area contributed by atoms with Gasteiger partial charge in [0.15, 0.2) is 5.82 Å². The fraction of sp³-hybridized carbons (Fsp3) is 0. The van der Waals surface area contributed by atoms with E-state index in [1.807, 2.05) is 12.1 Å². The first-order valence-corrected chi connectivity index (χ1v) is 7.58. The SMILES string of the molecule is Fc1ccc(-c2cc(Nn3ccnc3)nc(-c3cccnc3)n2)cc1. The molecule has 1 aromatic carbocycles. The van der Waals surface area contributed by atoms with E-state index in [1.54, 1.807) is 54.0 Å². The highest BCUT2D eigenvalue weighted by atomic mass is 19.1. The Bertz CT molecular complexity index is 968. The van der Waals surface area contributed by atoms with Crippen molar-refractivity contribution in [1.82, 2.24) is 24.6 Å². The predicted molar refractivity (Wildman–Crippen MR) is 91.9 cm³/mol. The Hall–Kier alpha value is -3.61. The van der Waals surface area contributed by atoms with Gasteiger partial charge >= 0.3 is 0 Å². The average molecular weight is 332 g/mol. The van der Waals surface area contributed by atoms with E-state index in [1.165, 1.54) is 12.1 Å². The van der Waals surface area contributed by atoms with Gasteiger partial charge in [0.1, 0.15) is 18.0 Å². The van der Waals surface area contributed by atoms with Crippen LogP contribution < -0.4 is 5.43 Å². The normalized spacial score (nSPS) is 10.6. The van der Waals surface area contributed by atoms with E-state index in [4.69, 9.17) is 0 Å². The van der Waals surface area contributed by atoms with E-state index in [0.29, 0.717) is 17.3 Å². The number of hydrogen-bond donors (Lipinski definition) is 1. The first kappa shape index (κ1) is 14.9. The molecule has 4 aromatic rings. The number of hydrogen-bond acceptors (Lipinski definition) is 5. The fourth-order valence-electron chi connectivity index (χ4n) is 2.35. The second-order valence-electron chi connectivity index (χ2n) is 5.29. The number of rotatable bonds is 4. The molecule has 0 fully saturated rings. The summed E-state index contributed by atoms with van der Waals surface area (Å²) >= 11 is 0. The maximum Gasteiger partial charge on any atom is 0.163 e. The zero-order valence-electron chi connectivity index (χ0n) is 13.0. The first-order valence-electron chi connectivity index (χ1n) is 7.58. The summed E-state index contributed by atoms with van der Waals surface area (Å²) < 4.78 is 14.9. The minimum absolute atomic E-state index is 0.290. The Balaban J connectivity index is 1.81. The van der Waals surface area contributed by atoms with E-state index in [2.05, 4.69) is 25.4 Å². The summed E-state index contributed by atoms with van der Waals surface area (Å²) in [5.74, 6) is 0.825. The summed E-state index contributed by atoms with van der Waals surface area (Å²) in [5.41, 5.74) is 5.39. The second-order valence-corrected chi connectivity index (χ2v) is 5.29. The smallest absolute Gasteiger partial charge is 0.163 e. The Labute approximate surface area is 143 Å². The zero-order chi connectivity index (χ0) is 17.1.